The van der Waals surface area contributed by atoms with Gasteiger partial charge in [0.25, 0.3) is 0 Å². The average Bonchev–Trinajstić information content (AvgIpc) is 1.50. The van der Waals surface area contributed by atoms with Gasteiger partial charge < -0.3 is 18.6 Å². The molecule has 14 aromatic carbocycles. The van der Waals surface area contributed by atoms with Crippen LogP contribution in [-0.4, -0.2) is 0 Å². The van der Waals surface area contributed by atoms with Crippen LogP contribution in [0.15, 0.2) is 300 Å². The molecule has 2 aromatic heterocycles. The monoisotopic (exact) mass is 1190 g/mol. The van der Waals surface area contributed by atoms with E-state index in [-0.39, 0.29) is 10.8 Å². The van der Waals surface area contributed by atoms with E-state index in [0.717, 1.165) is 89.1 Å². The quantitative estimate of drug-likeness (QED) is 0.152. The maximum Gasteiger partial charge on any atom is 0.159 e. The highest BCUT2D eigenvalue weighted by atomic mass is 16.3. The Morgan fingerprint density at radius 1 is 0.280 bits per heavy atom. The molecule has 4 nitrogen and oxygen atoms in total. The number of para-hydroxylation sites is 6. The summed E-state index contributed by atoms with van der Waals surface area (Å²) in [6, 6.07) is 108. The number of benzene rings is 14. The molecule has 0 amide bonds. The number of furan rings is 2. The van der Waals surface area contributed by atoms with Gasteiger partial charge in [-0.1, -0.05) is 248 Å². The van der Waals surface area contributed by atoms with Crippen LogP contribution in [0.25, 0.3) is 110 Å². The van der Waals surface area contributed by atoms with Crippen LogP contribution in [-0.2, 0) is 16.2 Å². The Bertz CT molecular complexity index is 5350. The first-order valence-electron chi connectivity index (χ1n) is 32.5. The van der Waals surface area contributed by atoms with E-state index >= 15 is 0 Å². The van der Waals surface area contributed by atoms with E-state index in [1.807, 2.05) is 12.1 Å². The fourth-order valence-electron chi connectivity index (χ4n) is 15.6. The zero-order valence-corrected chi connectivity index (χ0v) is 52.9. The van der Waals surface area contributed by atoms with Gasteiger partial charge >= 0.3 is 0 Å². The molecule has 2 aliphatic carbocycles. The van der Waals surface area contributed by atoms with Crippen molar-refractivity contribution in [1.82, 2.24) is 0 Å². The molecule has 444 valence electrons. The molecule has 93 heavy (non-hydrogen) atoms. The normalized spacial score (nSPS) is 13.1. The van der Waals surface area contributed by atoms with Gasteiger partial charge in [0.1, 0.15) is 11.2 Å². The van der Waals surface area contributed by atoms with E-state index in [1.54, 1.807) is 0 Å². The van der Waals surface area contributed by atoms with Gasteiger partial charge in [-0.15, -0.1) is 0 Å². The molecule has 2 heterocycles. The fourth-order valence-corrected chi connectivity index (χ4v) is 15.6. The topological polar surface area (TPSA) is 32.8 Å². The van der Waals surface area contributed by atoms with Crippen LogP contribution in [0.5, 0.6) is 0 Å². The third-order valence-corrected chi connectivity index (χ3v) is 20.1. The van der Waals surface area contributed by atoms with Gasteiger partial charge in [-0.3, -0.25) is 0 Å². The third kappa shape index (κ3) is 8.37. The molecule has 16 aromatic rings. The first-order valence-corrected chi connectivity index (χ1v) is 32.5. The summed E-state index contributed by atoms with van der Waals surface area (Å²) in [5.41, 5.74) is 26.9. The third-order valence-electron chi connectivity index (χ3n) is 20.1. The molecule has 0 radical (unpaired) electrons. The van der Waals surface area contributed by atoms with Gasteiger partial charge in [-0.05, 0) is 195 Å². The van der Waals surface area contributed by atoms with Gasteiger partial charge in [-0.25, -0.2) is 0 Å². The lowest BCUT2D eigenvalue weighted by Gasteiger charge is -2.33. The Hall–Kier alpha value is -11.2. The molecule has 0 saturated heterocycles. The van der Waals surface area contributed by atoms with Crippen molar-refractivity contribution >= 4 is 99.5 Å². The molecular formula is C89H66N2O2. The molecule has 0 saturated carbocycles. The van der Waals surface area contributed by atoms with Crippen LogP contribution in [0.3, 0.4) is 0 Å². The summed E-state index contributed by atoms with van der Waals surface area (Å²) in [6.07, 6.45) is 0. The molecule has 18 rings (SSSR count). The van der Waals surface area contributed by atoms with Crippen LogP contribution in [0.2, 0.25) is 0 Å². The minimum atomic E-state index is -0.624. The first kappa shape index (κ1) is 54.7. The Morgan fingerprint density at radius 3 is 1.08 bits per heavy atom. The van der Waals surface area contributed by atoms with Crippen molar-refractivity contribution in [3.05, 3.63) is 325 Å². The summed E-state index contributed by atoms with van der Waals surface area (Å²) in [6.45, 7) is 14.0. The van der Waals surface area contributed by atoms with E-state index in [0.29, 0.717) is 0 Å². The number of fused-ring (bicyclic) bond motifs is 20. The minimum absolute atomic E-state index is 0.0501. The zero-order valence-electron chi connectivity index (χ0n) is 52.9. The van der Waals surface area contributed by atoms with Gasteiger partial charge in [0.2, 0.25) is 0 Å². The van der Waals surface area contributed by atoms with Crippen LogP contribution in [0.4, 0.5) is 34.1 Å². The maximum atomic E-state index is 6.65. The highest BCUT2D eigenvalue weighted by Gasteiger charge is 2.54. The summed E-state index contributed by atoms with van der Waals surface area (Å²) in [5.74, 6) is 0. The van der Waals surface area contributed by atoms with Gasteiger partial charge in [0.05, 0.1) is 16.8 Å². The van der Waals surface area contributed by atoms with Gasteiger partial charge in [-0.2, -0.15) is 0 Å². The number of anilines is 6. The molecule has 0 fully saturated rings. The van der Waals surface area contributed by atoms with Crippen molar-refractivity contribution in [2.75, 3.05) is 9.80 Å². The second-order valence-electron chi connectivity index (χ2n) is 27.6. The summed E-state index contributed by atoms with van der Waals surface area (Å²) in [7, 11) is 0. The lowest BCUT2D eigenvalue weighted by molar-refractivity contribution is 0.589. The SMILES string of the molecule is CC(C)(C)c1ccc2c(c1)-c1cc(C(C)(C)C)ccc1C21c2c(ccc3cc(-c4ccc(N(c5ccccc5)c5cccc6c5oc5ccccc56)cc4)ccc23)-c2ccc3cc(-c4ccc(N(c5ccccc5)c5cccc6c5oc5ccccc56)cc4)ccc3c21. The molecule has 4 heteroatoms. The van der Waals surface area contributed by atoms with Crippen molar-refractivity contribution < 1.29 is 8.83 Å². The Kier molecular flexibility index (Phi) is 12.0. The highest BCUT2D eigenvalue weighted by Crippen LogP contribution is 2.66. The second-order valence-corrected chi connectivity index (χ2v) is 27.6. The first-order chi connectivity index (χ1) is 45.4. The smallest absolute Gasteiger partial charge is 0.159 e. The lowest BCUT2D eigenvalue weighted by Crippen LogP contribution is -2.27. The molecule has 2 aliphatic rings. The summed E-state index contributed by atoms with van der Waals surface area (Å²) in [5, 5.41) is 9.39. The highest BCUT2D eigenvalue weighted by molar-refractivity contribution is 6.13. The Balaban J connectivity index is 0.778. The van der Waals surface area contributed by atoms with E-state index in [2.05, 4.69) is 330 Å². The number of hydrogen-bond acceptors (Lipinski definition) is 4. The molecule has 0 aliphatic heterocycles. The Labute approximate surface area is 541 Å². The predicted octanol–water partition coefficient (Wildman–Crippen LogP) is 25.0. The molecule has 0 N–H and O–H groups in total. The van der Waals surface area contributed by atoms with Crippen molar-refractivity contribution in [2.24, 2.45) is 0 Å². The number of rotatable bonds is 8. The average molecular weight is 1200 g/mol. The molecule has 0 atom stereocenters. The zero-order chi connectivity index (χ0) is 62.5. The maximum absolute atomic E-state index is 6.65. The van der Waals surface area contributed by atoms with Crippen LogP contribution in [0.1, 0.15) is 74.9 Å². The van der Waals surface area contributed by atoms with Crippen LogP contribution in [0, 0.1) is 0 Å². The molecule has 0 unspecified atom stereocenters. The summed E-state index contributed by atoms with van der Waals surface area (Å²) in [4.78, 5) is 4.63. The van der Waals surface area contributed by atoms with Crippen molar-refractivity contribution in [2.45, 2.75) is 57.8 Å². The number of nitrogens with zero attached hydrogens (tertiary/aromatic N) is 2. The van der Waals surface area contributed by atoms with Gasteiger partial charge in [0, 0.05) is 44.3 Å². The minimum Gasteiger partial charge on any atom is -0.454 e. The molecular weight excluding hydrogens is 1130 g/mol. The number of hydrogen-bond donors (Lipinski definition) is 0. The Morgan fingerprint density at radius 2 is 0.656 bits per heavy atom. The van der Waals surface area contributed by atoms with Gasteiger partial charge in [0.15, 0.2) is 11.2 Å². The van der Waals surface area contributed by atoms with E-state index in [1.165, 1.54) is 88.3 Å². The standard InChI is InChI=1S/C89H66N2O2/c1-87(2,3)61-39-49-77-75(53-61)76-54-62(88(4,5)6)40-50-78(76)89(77)83-67-45-35-57(55-31-41-65(42-32-55)90(63-19-9-7-10-20-63)79-27-17-25-73-69-23-13-15-29-81(69)92-85(73)79)51-59(67)37-47-71(83)72-48-38-60-52-58(36-46-68(60)84(72)89)56-33-43-66(44-34-56)91(64-21-11-8-12-22-64)80-28-18-26-74-70-24-14-16-30-82(70)93-86(74)80/h7-54H,1-6H3. The van der Waals surface area contributed by atoms with E-state index < -0.39 is 5.41 Å². The summed E-state index contributed by atoms with van der Waals surface area (Å²) < 4.78 is 13.3. The largest absolute Gasteiger partial charge is 0.454 e. The van der Waals surface area contributed by atoms with Crippen LogP contribution < -0.4 is 9.80 Å². The lowest BCUT2D eigenvalue weighted by atomic mass is 9.67. The van der Waals surface area contributed by atoms with Crippen molar-refractivity contribution in [3.8, 4) is 44.5 Å². The molecule has 1 spiro atoms. The van der Waals surface area contributed by atoms with Crippen molar-refractivity contribution in [1.29, 1.82) is 0 Å². The fraction of sp³-hybridized carbons (Fsp3) is 0.101. The predicted molar refractivity (Wildman–Crippen MR) is 390 cm³/mol. The second kappa shape index (κ2) is 20.4. The van der Waals surface area contributed by atoms with Crippen molar-refractivity contribution in [3.63, 3.8) is 0 Å². The van der Waals surface area contributed by atoms with E-state index in [9.17, 15) is 0 Å². The summed E-state index contributed by atoms with van der Waals surface area (Å²) >= 11 is 0. The van der Waals surface area contributed by atoms with E-state index in [4.69, 9.17) is 8.83 Å². The molecule has 0 bridgehead atoms. The van der Waals surface area contributed by atoms with Crippen LogP contribution >= 0.6 is 0 Å².